The van der Waals surface area contributed by atoms with E-state index in [0.29, 0.717) is 67.6 Å². The van der Waals surface area contributed by atoms with Gasteiger partial charge in [0.2, 0.25) is 23.8 Å². The number of carbonyl (C=O) groups excluding carboxylic acids is 2. The van der Waals surface area contributed by atoms with E-state index >= 15 is 0 Å². The van der Waals surface area contributed by atoms with Crippen molar-refractivity contribution in [2.45, 2.75) is 196 Å². The van der Waals surface area contributed by atoms with Crippen LogP contribution >= 0.6 is 11.8 Å². The van der Waals surface area contributed by atoms with Crippen LogP contribution in [0.5, 0.6) is 34.5 Å². The zero-order chi connectivity index (χ0) is 91.1. The molecule has 4 aliphatic rings. The van der Waals surface area contributed by atoms with E-state index in [2.05, 4.69) is 106 Å². The van der Waals surface area contributed by atoms with Crippen LogP contribution in [0.2, 0.25) is 0 Å². The monoisotopic (exact) mass is 1810 g/mol. The van der Waals surface area contributed by atoms with Gasteiger partial charge in [0.1, 0.15) is 70.4 Å². The van der Waals surface area contributed by atoms with Gasteiger partial charge in [-0.2, -0.15) is 19.9 Å². The van der Waals surface area contributed by atoms with E-state index in [1.165, 1.54) is 109 Å². The first-order valence-electron chi connectivity index (χ1n) is 46.2. The topological polar surface area (TPSA) is 312 Å². The molecule has 0 aliphatic heterocycles. The Morgan fingerprint density at radius 3 is 1.19 bits per heavy atom. The molecule has 0 radical (unpaired) electrons. The van der Waals surface area contributed by atoms with Crippen LogP contribution in [0.25, 0.3) is 43.6 Å². The standard InChI is InChI=1S/C28H30N4OS.2C27H28N4O2.C25H29N5O3.CH4/c33-19-21-11-5-9-17-26(21)34-25-16-8-4-10-20(25)18-29-28-31-24-15-7-6-14-23(24)27(32-28)30-22-12-2-1-3-13-22;1-32-21-14-16-22(17-15-21)33-25-13-7-2-8-19(25)18-28-27-30-24-12-6-5-11-23(24)26(31-27)29-20-9-3-4-10-20;1-32-21-13-15-22(16-14-21)33-23-10-6-7-19(17-23)18-28-27-30-25-12-5-4-11-24(25)26(31-27)29-20-8-2-3-9-20;1-17(31)22(29-25(32)33-16-18-9-3-2-4-10-18)15-26-24-28-21-14-8-7-13-20(21)23(30-24)27-19-11-5-6-12-19;/h4-11,14-17,22,33H,1-3,12-13,18-19H2,(H2,29,30,31,32);2,5-8,11-17,20H,3-4,9-10,18H2,1H3,(H2,28,29,30,31);4-7,10-17,20H,2-3,8-9,18H2,1H3,(H2,28,29,30,31);2-4,7-10,13-14,19,22H,5-6,11-12,15-16H2,1H3,(H,29,32)(H2,26,27,28,30);1H4/t;;;22-;/m...1./s1. The number of Topliss-reactive ketones (excluding diaryl/α,β-unsaturated/α-hetero) is 1. The number of benzene rings is 11. The van der Waals surface area contributed by atoms with Gasteiger partial charge in [-0.1, -0.05) is 223 Å². The molecule has 15 aromatic rings. The molecule has 4 fully saturated rings. The third-order valence-corrected chi connectivity index (χ3v) is 25.3. The first-order chi connectivity index (χ1) is 65.4. The van der Waals surface area contributed by atoms with E-state index < -0.39 is 12.1 Å². The zero-order valence-corrected chi connectivity index (χ0v) is 76.2. The number of amides is 1. The Morgan fingerprint density at radius 1 is 0.366 bits per heavy atom. The molecule has 10 N–H and O–H groups in total. The van der Waals surface area contributed by atoms with Crippen LogP contribution in [0.4, 0.5) is 51.9 Å². The minimum absolute atomic E-state index is 0. The number of ketones is 1. The van der Waals surface area contributed by atoms with E-state index in [1.807, 2.05) is 224 Å². The summed E-state index contributed by atoms with van der Waals surface area (Å²) in [7, 11) is 3.31. The van der Waals surface area contributed by atoms with Crippen molar-refractivity contribution in [1.29, 1.82) is 0 Å². The maximum atomic E-state index is 12.2. The van der Waals surface area contributed by atoms with Crippen molar-refractivity contribution in [3.63, 3.8) is 0 Å². The molecule has 4 aliphatic carbocycles. The van der Waals surface area contributed by atoms with Gasteiger partial charge >= 0.3 is 6.09 Å². The number of anilines is 8. The van der Waals surface area contributed by atoms with Crippen LogP contribution in [0.15, 0.2) is 283 Å². The minimum atomic E-state index is -0.769. The van der Waals surface area contributed by atoms with Crippen molar-refractivity contribution in [1.82, 2.24) is 45.2 Å². The van der Waals surface area contributed by atoms with Crippen LogP contribution in [-0.2, 0) is 42.4 Å². The molecule has 0 bridgehead atoms. The first-order valence-corrected chi connectivity index (χ1v) is 47.1. The molecular formula is C108H119N17O8S. The molecule has 0 unspecified atom stereocenters. The Bertz CT molecular complexity index is 6320. The highest BCUT2D eigenvalue weighted by Gasteiger charge is 2.25. The van der Waals surface area contributed by atoms with E-state index in [-0.39, 0.29) is 33.0 Å². The Hall–Kier alpha value is -14.4. The maximum absolute atomic E-state index is 12.2. The minimum Gasteiger partial charge on any atom is -0.497 e. The molecule has 1 atom stereocenters. The van der Waals surface area contributed by atoms with Gasteiger partial charge in [0.05, 0.1) is 42.9 Å². The lowest BCUT2D eigenvalue weighted by Crippen LogP contribution is -2.44. The summed E-state index contributed by atoms with van der Waals surface area (Å²) < 4.78 is 27.8. The van der Waals surface area contributed by atoms with Gasteiger partial charge in [-0.05, 0) is 208 Å². The van der Waals surface area contributed by atoms with E-state index in [1.54, 1.807) is 26.0 Å². The molecule has 4 aromatic heterocycles. The number of aromatic nitrogens is 8. The summed E-state index contributed by atoms with van der Waals surface area (Å²) in [4.78, 5) is 64.6. The fraction of sp³-hybridized carbons (Fsp3) is 0.296. The largest absolute Gasteiger partial charge is 0.497 e. The number of nitrogens with zero attached hydrogens (tertiary/aromatic N) is 8. The Morgan fingerprint density at radius 2 is 0.731 bits per heavy atom. The van der Waals surface area contributed by atoms with Gasteiger partial charge in [-0.3, -0.25) is 4.79 Å². The lowest BCUT2D eigenvalue weighted by atomic mass is 9.95. The van der Waals surface area contributed by atoms with E-state index in [9.17, 15) is 14.7 Å². The third kappa shape index (κ3) is 26.7. The average Bonchev–Trinajstić information content (AvgIpc) is 1.39. The smallest absolute Gasteiger partial charge is 0.408 e. The summed E-state index contributed by atoms with van der Waals surface area (Å²) in [6.07, 6.45) is 20.2. The van der Waals surface area contributed by atoms with Crippen molar-refractivity contribution >= 4 is 114 Å². The zero-order valence-electron chi connectivity index (χ0n) is 75.4. The number of fused-ring (bicyclic) bond motifs is 4. The normalized spacial score (nSPS) is 14.0. The summed E-state index contributed by atoms with van der Waals surface area (Å²) in [6, 6.07) is 90.3. The summed E-state index contributed by atoms with van der Waals surface area (Å²) in [5, 5.41) is 44.4. The molecule has 11 aromatic carbocycles. The summed E-state index contributed by atoms with van der Waals surface area (Å²) in [5.74, 6) is 10.3. The number of nitrogens with one attached hydrogen (secondary N) is 9. The van der Waals surface area contributed by atoms with E-state index in [0.717, 1.165) is 146 Å². The molecule has 690 valence electrons. The SMILES string of the molecule is C.CC(=O)[C@@H](CNc1nc(NC2CCCC2)c2ccccc2n1)NC(=O)OCc1ccccc1.COc1ccc(Oc2cccc(CNc3nc(NC4CCCC4)c4ccccc4n3)c2)cc1.COc1ccc(Oc2ccccc2CNc2nc(NC3CCCC3)c3ccccc3n2)cc1.OCc1ccccc1Sc1ccccc1CNc1nc(NC2CCCCC2)c2ccccc2n1. The number of para-hydroxylation sites is 5. The number of methoxy groups -OCH3 is 2. The van der Waals surface area contributed by atoms with Gasteiger partial charge in [-0.25, -0.2) is 24.7 Å². The molecule has 134 heavy (non-hydrogen) atoms. The second-order valence-corrected chi connectivity index (χ2v) is 34.7. The Labute approximate surface area is 788 Å². The molecule has 25 nitrogen and oxygen atoms in total. The molecular weight excluding hydrogens is 1700 g/mol. The number of ether oxygens (including phenoxy) is 5. The molecule has 0 saturated heterocycles. The van der Waals surface area contributed by atoms with Crippen molar-refractivity contribution < 1.29 is 38.4 Å². The highest BCUT2D eigenvalue weighted by atomic mass is 32.2. The fourth-order valence-electron chi connectivity index (χ4n) is 16.8. The number of carbonyl (C=O) groups is 2. The number of rotatable bonds is 33. The Kier molecular flexibility index (Phi) is 33.9. The van der Waals surface area contributed by atoms with Crippen LogP contribution in [0.1, 0.15) is 151 Å². The van der Waals surface area contributed by atoms with Crippen molar-refractivity contribution in [2.75, 3.05) is 63.3 Å². The van der Waals surface area contributed by atoms with Crippen molar-refractivity contribution in [2.24, 2.45) is 0 Å². The molecule has 4 heterocycles. The summed E-state index contributed by atoms with van der Waals surface area (Å²) >= 11 is 1.68. The van der Waals surface area contributed by atoms with E-state index in [4.69, 9.17) is 53.6 Å². The fourth-order valence-corrected chi connectivity index (χ4v) is 17.9. The highest BCUT2D eigenvalue weighted by Crippen LogP contribution is 2.38. The Balaban J connectivity index is 0.000000136. The quantitative estimate of drug-likeness (QED) is 0.0183. The lowest BCUT2D eigenvalue weighted by Gasteiger charge is -2.24. The number of alkyl carbamates (subject to hydrolysis) is 1. The number of hydrogen-bond acceptors (Lipinski definition) is 25. The third-order valence-electron chi connectivity index (χ3n) is 24.0. The molecule has 1 amide bonds. The van der Waals surface area contributed by atoms with Crippen molar-refractivity contribution in [3.05, 3.63) is 301 Å². The first kappa shape index (κ1) is 94.3. The second kappa shape index (κ2) is 48.2. The molecule has 19 rings (SSSR count). The van der Waals surface area contributed by atoms with Gasteiger partial charge in [0.15, 0.2) is 5.78 Å². The summed E-state index contributed by atoms with van der Waals surface area (Å²) in [5.41, 5.74) is 8.70. The van der Waals surface area contributed by atoms with Crippen LogP contribution in [0.3, 0.4) is 0 Å². The predicted octanol–water partition coefficient (Wildman–Crippen LogP) is 24.3. The van der Waals surface area contributed by atoms with Crippen LogP contribution in [-0.4, -0.2) is 108 Å². The highest BCUT2D eigenvalue weighted by molar-refractivity contribution is 7.99. The molecule has 0 spiro atoms. The van der Waals surface area contributed by atoms with Crippen LogP contribution in [0, 0.1) is 0 Å². The number of aliphatic hydroxyl groups excluding tert-OH is 1. The second-order valence-electron chi connectivity index (χ2n) is 33.6. The average molecular weight is 1820 g/mol. The van der Waals surface area contributed by atoms with Crippen molar-refractivity contribution in [3.8, 4) is 34.5 Å². The molecule has 4 saturated carbocycles. The van der Waals surface area contributed by atoms with Gasteiger partial charge in [-0.15, -0.1) is 0 Å². The van der Waals surface area contributed by atoms with Gasteiger partial charge < -0.3 is 76.6 Å². The predicted molar refractivity (Wildman–Crippen MR) is 540 cm³/mol. The maximum Gasteiger partial charge on any atom is 0.408 e. The van der Waals surface area contributed by atoms with Crippen LogP contribution < -0.4 is 66.8 Å². The lowest BCUT2D eigenvalue weighted by molar-refractivity contribution is -0.118. The van der Waals surface area contributed by atoms with Gasteiger partial charge in [0, 0.05) is 87.2 Å². The molecule has 26 heteroatoms. The number of hydrogen-bond donors (Lipinski definition) is 10. The number of aliphatic hydroxyl groups is 1. The summed E-state index contributed by atoms with van der Waals surface area (Å²) in [6.45, 7) is 3.51. The van der Waals surface area contributed by atoms with Gasteiger partial charge in [0.25, 0.3) is 0 Å².